The smallest absolute Gasteiger partial charge is 0.173 e. The van der Waals surface area contributed by atoms with Crippen LogP contribution in [0.3, 0.4) is 0 Å². The molecule has 1 N–H and O–H groups in total. The summed E-state index contributed by atoms with van der Waals surface area (Å²) < 4.78 is 22.3. The summed E-state index contributed by atoms with van der Waals surface area (Å²) in [6.45, 7) is 0.700. The normalized spacial score (nSPS) is 23.1. The minimum absolute atomic E-state index is 0.0461. The summed E-state index contributed by atoms with van der Waals surface area (Å²) in [6, 6.07) is 9.88. The highest BCUT2D eigenvalue weighted by molar-refractivity contribution is 7.94. The van der Waals surface area contributed by atoms with Gasteiger partial charge in [-0.3, -0.25) is 0 Å². The third-order valence-electron chi connectivity index (χ3n) is 2.34. The van der Waals surface area contributed by atoms with Gasteiger partial charge < -0.3 is 5.32 Å². The van der Waals surface area contributed by atoms with Crippen molar-refractivity contribution in [3.05, 3.63) is 47.4 Å². The molecular formula is C11H13NO2S. The van der Waals surface area contributed by atoms with Crippen molar-refractivity contribution in [2.75, 3.05) is 5.75 Å². The van der Waals surface area contributed by atoms with Gasteiger partial charge >= 0.3 is 0 Å². The van der Waals surface area contributed by atoms with E-state index in [0.717, 1.165) is 5.56 Å². The Labute approximate surface area is 89.7 Å². The molecule has 0 aromatic heterocycles. The summed E-state index contributed by atoms with van der Waals surface area (Å²) >= 11 is 0. The van der Waals surface area contributed by atoms with Crippen molar-refractivity contribution in [1.29, 1.82) is 0 Å². The molecule has 1 atom stereocenters. The molecule has 0 spiro atoms. The van der Waals surface area contributed by atoms with Crippen LogP contribution in [0, 0.1) is 0 Å². The van der Waals surface area contributed by atoms with Crippen LogP contribution in [0.4, 0.5) is 0 Å². The average Bonchev–Trinajstić information content (AvgIpc) is 2.57. The molecular weight excluding hydrogens is 210 g/mol. The lowest BCUT2D eigenvalue weighted by molar-refractivity contribution is 0.590. The van der Waals surface area contributed by atoms with Crippen LogP contribution in [0.25, 0.3) is 0 Å². The minimum Gasteiger partial charge on any atom is -0.305 e. The van der Waals surface area contributed by atoms with Crippen LogP contribution in [0.2, 0.25) is 0 Å². The Morgan fingerprint density at radius 3 is 2.60 bits per heavy atom. The summed E-state index contributed by atoms with van der Waals surface area (Å²) in [5.41, 5.74) is 1.16. The Morgan fingerprint density at radius 2 is 2.00 bits per heavy atom. The van der Waals surface area contributed by atoms with Gasteiger partial charge in [0, 0.05) is 18.0 Å². The number of hydrogen-bond donors (Lipinski definition) is 1. The average molecular weight is 223 g/mol. The predicted octanol–water partition coefficient (Wildman–Crippen LogP) is 1.09. The maximum absolute atomic E-state index is 11.1. The van der Waals surface area contributed by atoms with Gasteiger partial charge in [0.15, 0.2) is 9.84 Å². The Morgan fingerprint density at radius 1 is 1.27 bits per heavy atom. The van der Waals surface area contributed by atoms with Gasteiger partial charge in [-0.25, -0.2) is 8.42 Å². The molecule has 1 aliphatic heterocycles. The van der Waals surface area contributed by atoms with Crippen molar-refractivity contribution in [2.24, 2.45) is 0 Å². The summed E-state index contributed by atoms with van der Waals surface area (Å²) in [4.78, 5) is 0. The molecule has 0 saturated heterocycles. The van der Waals surface area contributed by atoms with Crippen LogP contribution < -0.4 is 5.32 Å². The summed E-state index contributed by atoms with van der Waals surface area (Å²) in [5, 5.41) is 4.47. The highest BCUT2D eigenvalue weighted by Gasteiger charge is 2.20. The lowest BCUT2D eigenvalue weighted by atomic mass is 10.2. The number of benzene rings is 1. The molecule has 80 valence electrons. The molecule has 0 fully saturated rings. The zero-order valence-corrected chi connectivity index (χ0v) is 9.07. The molecule has 15 heavy (non-hydrogen) atoms. The number of sulfone groups is 1. The molecule has 1 aromatic rings. The number of nitrogens with one attached hydrogen (secondary N) is 1. The van der Waals surface area contributed by atoms with E-state index >= 15 is 0 Å². The van der Waals surface area contributed by atoms with Crippen LogP contribution in [0.1, 0.15) is 5.56 Å². The standard InChI is InChI=1S/C11H13NO2S/c13-15(14)7-6-11(9-15)12-8-10-4-2-1-3-5-10/h1-7,11-12H,8-9H2. The van der Waals surface area contributed by atoms with Gasteiger partial charge in [-0.1, -0.05) is 36.4 Å². The second kappa shape index (κ2) is 4.16. The number of hydrogen-bond acceptors (Lipinski definition) is 3. The van der Waals surface area contributed by atoms with Crippen LogP contribution in [-0.4, -0.2) is 20.2 Å². The van der Waals surface area contributed by atoms with Gasteiger partial charge in [-0.15, -0.1) is 0 Å². The summed E-state index contributed by atoms with van der Waals surface area (Å²) in [5.74, 6) is 0.180. The zero-order valence-electron chi connectivity index (χ0n) is 8.26. The van der Waals surface area contributed by atoms with Crippen molar-refractivity contribution in [3.63, 3.8) is 0 Å². The van der Waals surface area contributed by atoms with Crippen LogP contribution in [0.5, 0.6) is 0 Å². The van der Waals surface area contributed by atoms with Crippen molar-refractivity contribution < 1.29 is 8.42 Å². The van der Waals surface area contributed by atoms with Crippen molar-refractivity contribution >= 4 is 9.84 Å². The lowest BCUT2D eigenvalue weighted by Gasteiger charge is -2.09. The zero-order chi connectivity index (χ0) is 10.7. The Balaban J connectivity index is 1.89. The van der Waals surface area contributed by atoms with Crippen LogP contribution in [0.15, 0.2) is 41.8 Å². The monoisotopic (exact) mass is 223 g/mol. The van der Waals surface area contributed by atoms with E-state index in [2.05, 4.69) is 5.32 Å². The fraction of sp³-hybridized carbons (Fsp3) is 0.273. The van der Waals surface area contributed by atoms with E-state index in [1.807, 2.05) is 30.3 Å². The van der Waals surface area contributed by atoms with Crippen molar-refractivity contribution in [1.82, 2.24) is 5.32 Å². The van der Waals surface area contributed by atoms with Gasteiger partial charge in [0.1, 0.15) is 0 Å². The first-order chi connectivity index (χ1) is 7.16. The molecule has 1 aromatic carbocycles. The van der Waals surface area contributed by atoms with Crippen molar-refractivity contribution in [2.45, 2.75) is 12.6 Å². The SMILES string of the molecule is O=S1(=O)C=CC(NCc2ccccc2)C1. The Hall–Kier alpha value is -1.13. The highest BCUT2D eigenvalue weighted by atomic mass is 32.2. The van der Waals surface area contributed by atoms with E-state index in [0.29, 0.717) is 6.54 Å². The highest BCUT2D eigenvalue weighted by Crippen LogP contribution is 2.08. The lowest BCUT2D eigenvalue weighted by Crippen LogP contribution is -2.29. The van der Waals surface area contributed by atoms with Gasteiger partial charge in [0.25, 0.3) is 0 Å². The van der Waals surface area contributed by atoms with E-state index in [1.165, 1.54) is 5.41 Å². The molecule has 2 rings (SSSR count). The quantitative estimate of drug-likeness (QED) is 0.834. The van der Waals surface area contributed by atoms with Crippen LogP contribution >= 0.6 is 0 Å². The topological polar surface area (TPSA) is 46.2 Å². The molecule has 0 radical (unpaired) electrons. The largest absolute Gasteiger partial charge is 0.305 e. The van der Waals surface area contributed by atoms with Gasteiger partial charge in [-0.2, -0.15) is 0 Å². The third-order valence-corrected chi connectivity index (χ3v) is 3.74. The Bertz CT molecular complexity index is 451. The molecule has 0 bridgehead atoms. The fourth-order valence-corrected chi connectivity index (χ4v) is 2.82. The fourth-order valence-electron chi connectivity index (χ4n) is 1.55. The molecule has 1 unspecified atom stereocenters. The molecule has 1 heterocycles. The van der Waals surface area contributed by atoms with E-state index in [9.17, 15) is 8.42 Å². The summed E-state index contributed by atoms with van der Waals surface area (Å²) in [6.07, 6.45) is 1.71. The molecule has 0 amide bonds. The van der Waals surface area contributed by atoms with E-state index in [1.54, 1.807) is 6.08 Å². The first-order valence-corrected chi connectivity index (χ1v) is 6.55. The van der Waals surface area contributed by atoms with E-state index in [-0.39, 0.29) is 11.8 Å². The second-order valence-corrected chi connectivity index (χ2v) is 5.56. The molecule has 0 aliphatic carbocycles. The van der Waals surface area contributed by atoms with Gasteiger partial charge in [0.05, 0.1) is 5.75 Å². The van der Waals surface area contributed by atoms with Crippen molar-refractivity contribution in [3.8, 4) is 0 Å². The second-order valence-electron chi connectivity index (χ2n) is 3.63. The molecule has 0 saturated carbocycles. The maximum Gasteiger partial charge on any atom is 0.173 e. The predicted molar refractivity (Wildman–Crippen MR) is 60.0 cm³/mol. The first-order valence-electron chi connectivity index (χ1n) is 4.84. The molecule has 1 aliphatic rings. The van der Waals surface area contributed by atoms with Gasteiger partial charge in [-0.05, 0) is 5.56 Å². The van der Waals surface area contributed by atoms with E-state index in [4.69, 9.17) is 0 Å². The van der Waals surface area contributed by atoms with E-state index < -0.39 is 9.84 Å². The molecule has 4 heteroatoms. The first kappa shape index (κ1) is 10.4. The van der Waals surface area contributed by atoms with Gasteiger partial charge in [0.2, 0.25) is 0 Å². The molecule has 3 nitrogen and oxygen atoms in total. The third kappa shape index (κ3) is 2.91. The maximum atomic E-state index is 11.1. The van der Waals surface area contributed by atoms with Crippen LogP contribution in [-0.2, 0) is 16.4 Å². The number of rotatable bonds is 3. The Kier molecular flexibility index (Phi) is 2.88. The minimum atomic E-state index is -2.94. The summed E-state index contributed by atoms with van der Waals surface area (Å²) in [7, 11) is -2.94.